The van der Waals surface area contributed by atoms with Gasteiger partial charge in [-0.05, 0) is 36.2 Å². The molecule has 148 valence electrons. The van der Waals surface area contributed by atoms with Crippen LogP contribution in [-0.4, -0.2) is 51.7 Å². The highest BCUT2D eigenvalue weighted by molar-refractivity contribution is 7.92. The minimum absolute atomic E-state index is 0.126. The summed E-state index contributed by atoms with van der Waals surface area (Å²) in [7, 11) is -3.73. The third kappa shape index (κ3) is 3.56. The van der Waals surface area contributed by atoms with Gasteiger partial charge in [-0.15, -0.1) is 0 Å². The molecule has 28 heavy (non-hydrogen) atoms. The van der Waals surface area contributed by atoms with Gasteiger partial charge >= 0.3 is 0 Å². The summed E-state index contributed by atoms with van der Waals surface area (Å²) in [6, 6.07) is 13.1. The predicted molar refractivity (Wildman–Crippen MR) is 103 cm³/mol. The van der Waals surface area contributed by atoms with Crippen molar-refractivity contribution in [2.24, 2.45) is 5.41 Å². The number of amides is 1. The van der Waals surface area contributed by atoms with Crippen LogP contribution in [-0.2, 0) is 21.2 Å². The number of rotatable bonds is 4. The van der Waals surface area contributed by atoms with E-state index in [0.717, 1.165) is 34.4 Å². The lowest BCUT2D eigenvalue weighted by Crippen LogP contribution is -2.64. The molecule has 2 aliphatic heterocycles. The first kappa shape index (κ1) is 18.7. The number of sulfonamides is 1. The second-order valence-corrected chi connectivity index (χ2v) is 9.48. The Labute approximate surface area is 163 Å². The van der Waals surface area contributed by atoms with Gasteiger partial charge in [0.15, 0.2) is 0 Å². The summed E-state index contributed by atoms with van der Waals surface area (Å²) in [5, 5.41) is 0. The maximum absolute atomic E-state index is 13.5. The van der Waals surface area contributed by atoms with Crippen LogP contribution in [0.4, 0.5) is 10.1 Å². The molecule has 4 rings (SSSR count). The molecular formula is C20H21FN2O4S. The van der Waals surface area contributed by atoms with Crippen molar-refractivity contribution in [3.05, 3.63) is 59.9 Å². The Morgan fingerprint density at radius 1 is 1.21 bits per heavy atom. The number of anilines is 1. The molecular weight excluding hydrogens is 383 g/mol. The molecule has 6 nitrogen and oxygen atoms in total. The lowest BCUT2D eigenvalue weighted by Gasteiger charge is -2.52. The number of fused-ring (bicyclic) bond motifs is 1. The summed E-state index contributed by atoms with van der Waals surface area (Å²) < 4.78 is 44.6. The van der Waals surface area contributed by atoms with E-state index in [2.05, 4.69) is 0 Å². The fraction of sp³-hybridized carbons (Fsp3) is 0.350. The van der Waals surface area contributed by atoms with Crippen molar-refractivity contribution in [1.29, 1.82) is 0 Å². The topological polar surface area (TPSA) is 66.9 Å². The Bertz CT molecular complexity index is 1020. The summed E-state index contributed by atoms with van der Waals surface area (Å²) in [4.78, 5) is 14.3. The number of nitrogens with zero attached hydrogens (tertiary/aromatic N) is 2. The van der Waals surface area contributed by atoms with Gasteiger partial charge in [-0.3, -0.25) is 9.10 Å². The zero-order valence-corrected chi connectivity index (χ0v) is 16.3. The van der Waals surface area contributed by atoms with Crippen LogP contribution < -0.4 is 9.04 Å². The Morgan fingerprint density at radius 2 is 1.96 bits per heavy atom. The number of carbonyl (C=O) groups is 1. The number of hydrogen-bond acceptors (Lipinski definition) is 4. The van der Waals surface area contributed by atoms with E-state index >= 15 is 0 Å². The summed E-state index contributed by atoms with van der Waals surface area (Å²) in [6.07, 6.45) is 1.83. The zero-order chi connectivity index (χ0) is 19.9. The molecule has 8 heteroatoms. The fourth-order valence-electron chi connectivity index (χ4n) is 3.87. The van der Waals surface area contributed by atoms with Crippen molar-refractivity contribution < 1.29 is 22.3 Å². The number of ether oxygens (including phenoxy) is 1. The van der Waals surface area contributed by atoms with E-state index in [1.165, 1.54) is 18.2 Å². The lowest BCUT2D eigenvalue weighted by molar-refractivity contribution is -0.144. The predicted octanol–water partition coefficient (Wildman–Crippen LogP) is 2.06. The minimum Gasteiger partial charge on any atom is -0.493 e. The molecule has 0 N–H and O–H groups in total. The first-order chi connectivity index (χ1) is 13.3. The molecule has 0 unspecified atom stereocenters. The van der Waals surface area contributed by atoms with Gasteiger partial charge in [-0.1, -0.05) is 24.3 Å². The average Bonchev–Trinajstić information content (AvgIpc) is 2.62. The first-order valence-corrected chi connectivity index (χ1v) is 10.8. The van der Waals surface area contributed by atoms with Crippen LogP contribution >= 0.6 is 0 Å². The molecule has 0 bridgehead atoms. The summed E-state index contributed by atoms with van der Waals surface area (Å²) in [5.41, 5.74) is 1.14. The molecule has 1 spiro atoms. The van der Waals surface area contributed by atoms with Gasteiger partial charge in [0.05, 0.1) is 18.6 Å². The van der Waals surface area contributed by atoms with Crippen molar-refractivity contribution in [2.45, 2.75) is 6.42 Å². The first-order valence-electron chi connectivity index (χ1n) is 8.98. The quantitative estimate of drug-likeness (QED) is 0.782. The van der Waals surface area contributed by atoms with Crippen molar-refractivity contribution in [3.8, 4) is 5.75 Å². The Kier molecular flexibility index (Phi) is 4.53. The smallest absolute Gasteiger partial charge is 0.243 e. The van der Waals surface area contributed by atoms with Crippen LogP contribution in [0.5, 0.6) is 5.75 Å². The molecule has 2 aromatic carbocycles. The monoisotopic (exact) mass is 404 g/mol. The second-order valence-electron chi connectivity index (χ2n) is 7.57. The van der Waals surface area contributed by atoms with Gasteiger partial charge in [0.25, 0.3) is 0 Å². The second kappa shape index (κ2) is 6.77. The number of para-hydroxylation sites is 1. The van der Waals surface area contributed by atoms with Crippen molar-refractivity contribution in [3.63, 3.8) is 0 Å². The number of halogens is 1. The summed E-state index contributed by atoms with van der Waals surface area (Å²) in [5.74, 6) is 0.0194. The molecule has 1 fully saturated rings. The molecule has 2 heterocycles. The Hall–Kier alpha value is -2.61. The Morgan fingerprint density at radius 3 is 2.68 bits per heavy atom. The van der Waals surface area contributed by atoms with Gasteiger partial charge in [0.2, 0.25) is 15.9 Å². The Balaban J connectivity index is 1.44. The van der Waals surface area contributed by atoms with Crippen molar-refractivity contribution in [2.75, 3.05) is 36.8 Å². The van der Waals surface area contributed by atoms with E-state index in [1.807, 2.05) is 24.3 Å². The van der Waals surface area contributed by atoms with Crippen LogP contribution in [0.2, 0.25) is 0 Å². The van der Waals surface area contributed by atoms with E-state index in [-0.39, 0.29) is 23.6 Å². The number of hydrogen-bond donors (Lipinski definition) is 0. The van der Waals surface area contributed by atoms with Crippen LogP contribution in [0.1, 0.15) is 5.56 Å². The fourth-order valence-corrected chi connectivity index (χ4v) is 4.72. The molecule has 0 aromatic heterocycles. The van der Waals surface area contributed by atoms with E-state index in [0.29, 0.717) is 19.7 Å². The van der Waals surface area contributed by atoms with Crippen molar-refractivity contribution >= 4 is 21.6 Å². The number of carbonyl (C=O) groups excluding carboxylic acids is 1. The average molecular weight is 404 g/mol. The molecule has 2 aliphatic rings. The summed E-state index contributed by atoms with van der Waals surface area (Å²) in [6.45, 7) is 1.21. The van der Waals surface area contributed by atoms with E-state index < -0.39 is 15.8 Å². The summed E-state index contributed by atoms with van der Waals surface area (Å²) >= 11 is 0. The number of benzene rings is 2. The SMILES string of the molecule is CS(=O)(=O)N(CC(=O)N1CC2(COc3ccccc3C2)C1)c1cccc(F)c1. The highest BCUT2D eigenvalue weighted by Crippen LogP contribution is 2.41. The third-order valence-electron chi connectivity index (χ3n) is 5.25. The van der Waals surface area contributed by atoms with Gasteiger partial charge in [0.1, 0.15) is 18.1 Å². The van der Waals surface area contributed by atoms with Crippen molar-refractivity contribution in [1.82, 2.24) is 4.90 Å². The highest BCUT2D eigenvalue weighted by Gasteiger charge is 2.48. The van der Waals surface area contributed by atoms with Crippen LogP contribution in [0.25, 0.3) is 0 Å². The molecule has 0 saturated carbocycles. The minimum atomic E-state index is -3.73. The van der Waals surface area contributed by atoms with Gasteiger partial charge < -0.3 is 9.64 Å². The highest BCUT2D eigenvalue weighted by atomic mass is 32.2. The zero-order valence-electron chi connectivity index (χ0n) is 15.5. The van der Waals surface area contributed by atoms with Crippen LogP contribution in [0.3, 0.4) is 0 Å². The van der Waals surface area contributed by atoms with Gasteiger partial charge in [0, 0.05) is 18.5 Å². The van der Waals surface area contributed by atoms with E-state index in [4.69, 9.17) is 4.74 Å². The van der Waals surface area contributed by atoms with E-state index in [1.54, 1.807) is 4.90 Å². The standard InChI is InChI=1S/C20H21FN2O4S/c1-28(25,26)23(17-7-4-6-16(21)9-17)11-19(24)22-12-20(13-22)10-15-5-2-3-8-18(15)27-14-20/h2-9H,10-14H2,1H3. The lowest BCUT2D eigenvalue weighted by atomic mass is 9.74. The largest absolute Gasteiger partial charge is 0.493 e. The van der Waals surface area contributed by atoms with Gasteiger partial charge in [-0.2, -0.15) is 0 Å². The van der Waals surface area contributed by atoms with Crippen LogP contribution in [0, 0.1) is 11.2 Å². The van der Waals surface area contributed by atoms with E-state index in [9.17, 15) is 17.6 Å². The molecule has 1 amide bonds. The third-order valence-corrected chi connectivity index (χ3v) is 6.39. The maximum Gasteiger partial charge on any atom is 0.243 e. The maximum atomic E-state index is 13.5. The molecule has 0 radical (unpaired) electrons. The molecule has 0 atom stereocenters. The molecule has 1 saturated heterocycles. The number of likely N-dealkylation sites (tertiary alicyclic amines) is 1. The molecule has 0 aliphatic carbocycles. The normalized spacial score (nSPS) is 17.4. The van der Waals surface area contributed by atoms with Gasteiger partial charge in [-0.25, -0.2) is 12.8 Å². The van der Waals surface area contributed by atoms with Crippen LogP contribution in [0.15, 0.2) is 48.5 Å². The molecule has 2 aromatic rings.